The van der Waals surface area contributed by atoms with E-state index in [0.717, 1.165) is 0 Å². The molecule has 0 aromatic heterocycles. The molecule has 0 aliphatic rings. The number of ether oxygens (including phenoxy) is 4. The Balaban J connectivity index is 0. The van der Waals surface area contributed by atoms with E-state index in [4.69, 9.17) is 18.9 Å². The molecule has 0 amide bonds. The number of anilines is 2. The zero-order chi connectivity index (χ0) is 32.1. The molecule has 44 heavy (non-hydrogen) atoms. The van der Waals surface area contributed by atoms with Crippen molar-refractivity contribution in [3.63, 3.8) is 0 Å². The van der Waals surface area contributed by atoms with Crippen molar-refractivity contribution in [1.29, 1.82) is 0 Å². The predicted octanol–water partition coefficient (Wildman–Crippen LogP) is -5.12. The molecule has 0 saturated heterocycles. The maximum atomic E-state index is 10.7. The number of hydrogen-bond donors (Lipinski definition) is 2. The molecule has 0 aliphatic heterocycles. The van der Waals surface area contributed by atoms with Gasteiger partial charge in [0.25, 0.3) is 0 Å². The van der Waals surface area contributed by atoms with Gasteiger partial charge in [0.05, 0.1) is 72.4 Å². The van der Waals surface area contributed by atoms with Crippen LogP contribution in [0.15, 0.2) is 36.4 Å². The standard InChI is InChI=1S/2C13H21NO6S.2Na/c2*1-4-14(8-11(15)9-21(16,17)18)10-5-12(19-2)7-13(6-10)20-3;;/h2*5-7,11,15H,4,8-9H2,1-3H3,(H,16,17,18);;/q;;2*+1/p-2. The van der Waals surface area contributed by atoms with Crippen LogP contribution in [0.25, 0.3) is 0 Å². The van der Waals surface area contributed by atoms with Gasteiger partial charge in [-0.25, -0.2) is 16.8 Å². The van der Waals surface area contributed by atoms with Crippen molar-refractivity contribution in [2.24, 2.45) is 0 Å². The van der Waals surface area contributed by atoms with E-state index in [0.29, 0.717) is 47.5 Å². The zero-order valence-electron chi connectivity index (χ0n) is 26.5. The van der Waals surface area contributed by atoms with Gasteiger partial charge in [0, 0.05) is 74.0 Å². The first-order valence-electron chi connectivity index (χ1n) is 12.8. The molecule has 0 heterocycles. The Hall–Kier alpha value is -1.02. The maximum Gasteiger partial charge on any atom is 1.00 e. The van der Waals surface area contributed by atoms with E-state index in [2.05, 4.69) is 0 Å². The zero-order valence-corrected chi connectivity index (χ0v) is 32.2. The molecule has 0 spiro atoms. The van der Waals surface area contributed by atoms with Crippen molar-refractivity contribution < 1.29 is 114 Å². The molecule has 0 bridgehead atoms. The van der Waals surface area contributed by atoms with E-state index < -0.39 is 43.9 Å². The van der Waals surface area contributed by atoms with Gasteiger partial charge in [-0.3, -0.25) is 0 Å². The van der Waals surface area contributed by atoms with E-state index in [1.807, 2.05) is 13.8 Å². The van der Waals surface area contributed by atoms with Gasteiger partial charge >= 0.3 is 59.1 Å². The van der Waals surface area contributed by atoms with Crippen LogP contribution in [0, 0.1) is 0 Å². The Morgan fingerprint density at radius 2 is 0.864 bits per heavy atom. The molecule has 2 rings (SSSR count). The van der Waals surface area contributed by atoms with Crippen LogP contribution in [0.5, 0.6) is 23.0 Å². The van der Waals surface area contributed by atoms with Gasteiger partial charge in [0.15, 0.2) is 0 Å². The number of aliphatic hydroxyl groups excluding tert-OH is 2. The van der Waals surface area contributed by atoms with E-state index in [-0.39, 0.29) is 72.2 Å². The molecule has 0 aliphatic carbocycles. The van der Waals surface area contributed by atoms with Gasteiger partial charge in [-0.2, -0.15) is 0 Å². The van der Waals surface area contributed by atoms with E-state index in [9.17, 15) is 36.2 Å². The second-order valence-corrected chi connectivity index (χ2v) is 11.9. The Morgan fingerprint density at radius 3 is 1.05 bits per heavy atom. The number of aliphatic hydroxyl groups is 2. The first-order chi connectivity index (χ1) is 19.6. The maximum absolute atomic E-state index is 10.7. The van der Waals surface area contributed by atoms with Crippen LogP contribution in [0.2, 0.25) is 0 Å². The van der Waals surface area contributed by atoms with Crippen molar-refractivity contribution >= 4 is 31.6 Å². The Bertz CT molecular complexity index is 1190. The molecule has 0 saturated carbocycles. The van der Waals surface area contributed by atoms with Crippen LogP contribution in [0.4, 0.5) is 11.4 Å². The molecule has 2 aromatic rings. The molecule has 2 N–H and O–H groups in total. The first-order valence-corrected chi connectivity index (χ1v) is 15.9. The summed E-state index contributed by atoms with van der Waals surface area (Å²) in [6, 6.07) is 10.4. The minimum Gasteiger partial charge on any atom is -0.748 e. The number of hydrogen-bond acceptors (Lipinski definition) is 14. The fraction of sp³-hybridized carbons (Fsp3) is 0.538. The Kier molecular flexibility index (Phi) is 22.3. The van der Waals surface area contributed by atoms with Gasteiger partial charge in [0.2, 0.25) is 0 Å². The molecule has 0 fully saturated rings. The summed E-state index contributed by atoms with van der Waals surface area (Å²) in [5.74, 6) is 0.680. The molecule has 2 unspecified atom stereocenters. The van der Waals surface area contributed by atoms with Gasteiger partial charge in [-0.15, -0.1) is 0 Å². The first kappa shape index (κ1) is 45.1. The van der Waals surface area contributed by atoms with Gasteiger partial charge in [-0.1, -0.05) is 0 Å². The fourth-order valence-corrected chi connectivity index (χ4v) is 5.02. The third-order valence-corrected chi connectivity index (χ3v) is 7.41. The summed E-state index contributed by atoms with van der Waals surface area (Å²) in [5, 5.41) is 19.4. The Labute approximate surface area is 304 Å². The van der Waals surface area contributed by atoms with E-state index in [1.165, 1.54) is 28.4 Å². The summed E-state index contributed by atoms with van der Waals surface area (Å²) in [7, 11) is -2.84. The van der Waals surface area contributed by atoms with Crippen molar-refractivity contribution in [2.75, 3.05) is 75.9 Å². The second kappa shape index (κ2) is 21.7. The molecule has 240 valence electrons. The van der Waals surface area contributed by atoms with Crippen LogP contribution < -0.4 is 87.9 Å². The summed E-state index contributed by atoms with van der Waals surface area (Å²) < 4.78 is 84.7. The average molecular weight is 683 g/mol. The summed E-state index contributed by atoms with van der Waals surface area (Å²) >= 11 is 0. The summed E-state index contributed by atoms with van der Waals surface area (Å²) in [6.45, 7) is 4.79. The summed E-state index contributed by atoms with van der Waals surface area (Å²) in [5.41, 5.74) is 1.41. The average Bonchev–Trinajstić information content (AvgIpc) is 2.92. The van der Waals surface area contributed by atoms with Crippen molar-refractivity contribution in [3.05, 3.63) is 36.4 Å². The minimum atomic E-state index is -4.46. The third-order valence-electron chi connectivity index (χ3n) is 5.82. The van der Waals surface area contributed by atoms with Crippen LogP contribution in [0.1, 0.15) is 13.8 Å². The normalized spacial score (nSPS) is 12.2. The Morgan fingerprint density at radius 1 is 0.614 bits per heavy atom. The molecule has 18 heteroatoms. The van der Waals surface area contributed by atoms with Crippen LogP contribution >= 0.6 is 0 Å². The fourth-order valence-electron chi connectivity index (χ4n) is 3.87. The molecular formula is C26H40N2Na2O12S2. The van der Waals surface area contributed by atoms with E-state index >= 15 is 0 Å². The van der Waals surface area contributed by atoms with Gasteiger partial charge < -0.3 is 48.1 Å². The largest absolute Gasteiger partial charge is 1.00 e. The van der Waals surface area contributed by atoms with Gasteiger partial charge in [0.1, 0.15) is 23.0 Å². The summed E-state index contributed by atoms with van der Waals surface area (Å²) in [6.07, 6.45) is -2.52. The molecule has 2 atom stereocenters. The molecular weight excluding hydrogens is 642 g/mol. The molecule has 0 radical (unpaired) electrons. The van der Waals surface area contributed by atoms with Crippen LogP contribution in [-0.2, 0) is 20.2 Å². The smallest absolute Gasteiger partial charge is 0.748 e. The predicted molar refractivity (Wildman–Crippen MR) is 156 cm³/mol. The third kappa shape index (κ3) is 17.6. The van der Waals surface area contributed by atoms with Crippen LogP contribution in [-0.4, -0.2) is 114 Å². The molecule has 14 nitrogen and oxygen atoms in total. The topological polar surface area (TPSA) is 198 Å². The monoisotopic (exact) mass is 682 g/mol. The van der Waals surface area contributed by atoms with Gasteiger partial charge in [-0.05, 0) is 13.8 Å². The number of rotatable bonds is 16. The second-order valence-electron chi connectivity index (χ2n) is 8.98. The number of likely N-dealkylation sites (N-methyl/N-ethyl adjacent to an activating group) is 2. The van der Waals surface area contributed by atoms with Crippen LogP contribution in [0.3, 0.4) is 0 Å². The number of nitrogens with zero attached hydrogens (tertiary/aromatic N) is 2. The van der Waals surface area contributed by atoms with Crippen molar-refractivity contribution in [3.8, 4) is 23.0 Å². The van der Waals surface area contributed by atoms with Crippen molar-refractivity contribution in [1.82, 2.24) is 0 Å². The van der Waals surface area contributed by atoms with Crippen molar-refractivity contribution in [2.45, 2.75) is 26.1 Å². The van der Waals surface area contributed by atoms with E-state index in [1.54, 1.807) is 46.2 Å². The summed E-state index contributed by atoms with van der Waals surface area (Å²) in [4.78, 5) is 3.47. The SMILES string of the molecule is CCN(CC(O)CS(=O)(=O)[O-])c1cc(OC)cc(OC)c1.CCN(CC(O)CS(=O)(=O)[O-])c1cc(OC)cc(OC)c1.[Na+].[Na+]. The number of benzene rings is 2. The quantitative estimate of drug-likeness (QED) is 0.126. The molecule has 2 aromatic carbocycles. The number of methoxy groups -OCH3 is 4. The minimum absolute atomic E-state index is 0.